The number of nitrogens with one attached hydrogen (secondary N) is 1. The zero-order valence-corrected chi connectivity index (χ0v) is 18.3. The van der Waals surface area contributed by atoms with Gasteiger partial charge in [0.15, 0.2) is 0 Å². The van der Waals surface area contributed by atoms with Crippen LogP contribution in [0.5, 0.6) is 5.75 Å². The van der Waals surface area contributed by atoms with Crippen LogP contribution < -0.4 is 21.2 Å². The summed E-state index contributed by atoms with van der Waals surface area (Å²) in [6, 6.07) is 20.9. The van der Waals surface area contributed by atoms with E-state index in [4.69, 9.17) is 4.74 Å². The maximum atomic E-state index is 13.0. The minimum atomic E-state index is -0.585. The van der Waals surface area contributed by atoms with E-state index in [-0.39, 0.29) is 35.7 Å². The van der Waals surface area contributed by atoms with Crippen LogP contribution in [0.25, 0.3) is 5.69 Å². The smallest absolute Gasteiger partial charge is 0.295 e. The topological polar surface area (TPSA) is 100 Å². The van der Waals surface area contributed by atoms with Crippen molar-refractivity contribution in [3.8, 4) is 11.4 Å². The van der Waals surface area contributed by atoms with Gasteiger partial charge in [-0.3, -0.25) is 19.1 Å². The molecule has 0 aliphatic carbocycles. The van der Waals surface area contributed by atoms with Gasteiger partial charge in [-0.05, 0) is 37.3 Å². The molecule has 1 amide bonds. The molecule has 9 heteroatoms. The Morgan fingerprint density at radius 3 is 2.33 bits per heavy atom. The summed E-state index contributed by atoms with van der Waals surface area (Å²) in [4.78, 5) is 38.0. The Morgan fingerprint density at radius 2 is 1.64 bits per heavy atom. The monoisotopic (exact) mass is 445 g/mol. The summed E-state index contributed by atoms with van der Waals surface area (Å²) in [6.45, 7) is 2.12. The summed E-state index contributed by atoms with van der Waals surface area (Å²) in [5.74, 6) is 0.0902. The van der Waals surface area contributed by atoms with Gasteiger partial charge >= 0.3 is 0 Å². The summed E-state index contributed by atoms with van der Waals surface area (Å²) in [7, 11) is 1.74. The molecule has 2 heterocycles. The number of ether oxygens (including phenoxy) is 1. The molecule has 1 N–H and O–H groups in total. The van der Waals surface area contributed by atoms with Gasteiger partial charge in [0.25, 0.3) is 17.0 Å². The number of nitrogens with zero attached hydrogens (tertiary/aromatic N) is 4. The highest BCUT2D eigenvalue weighted by Gasteiger charge is 2.19. The molecule has 9 nitrogen and oxygen atoms in total. The average Bonchev–Trinajstić information content (AvgIpc) is 3.04. The van der Waals surface area contributed by atoms with Crippen molar-refractivity contribution >= 4 is 11.6 Å². The normalized spacial score (nSPS) is 10.7. The Bertz CT molecular complexity index is 1390. The number of benzene rings is 2. The van der Waals surface area contributed by atoms with Crippen molar-refractivity contribution in [2.45, 2.75) is 13.5 Å². The van der Waals surface area contributed by atoms with Gasteiger partial charge < -0.3 is 10.1 Å². The lowest BCUT2D eigenvalue weighted by molar-refractivity contribution is 0.101. The standard InChI is InChI=1S/C24H23N5O4/c1-17-22(24(32)29(27(17)2)18-9-5-3-6-10-18)25-23(31)20-13-14-21(30)28(26-20)15-16-33-19-11-7-4-8-12-19/h3-14H,15-16H2,1-2H3,(H,25,31). The molecule has 0 aliphatic heterocycles. The molecule has 0 aliphatic rings. The molecule has 0 unspecified atom stereocenters. The quantitative estimate of drug-likeness (QED) is 0.471. The second-order valence-electron chi connectivity index (χ2n) is 7.33. The Kier molecular flexibility index (Phi) is 6.21. The molecule has 0 spiro atoms. The van der Waals surface area contributed by atoms with Crippen LogP contribution in [0.2, 0.25) is 0 Å². The van der Waals surface area contributed by atoms with E-state index in [1.807, 2.05) is 48.5 Å². The molecule has 2 aromatic heterocycles. The number of carbonyl (C=O) groups excluding carboxylic acids is 1. The van der Waals surface area contributed by atoms with Crippen LogP contribution in [0.15, 0.2) is 82.4 Å². The van der Waals surface area contributed by atoms with Crippen molar-refractivity contribution in [3.63, 3.8) is 0 Å². The molecule has 4 rings (SSSR count). The van der Waals surface area contributed by atoms with Gasteiger partial charge in [-0.15, -0.1) is 0 Å². The maximum absolute atomic E-state index is 13.0. The van der Waals surface area contributed by atoms with Crippen molar-refractivity contribution in [2.24, 2.45) is 7.05 Å². The molecule has 168 valence electrons. The number of anilines is 1. The summed E-state index contributed by atoms with van der Waals surface area (Å²) in [5.41, 5.74) is 0.715. The zero-order chi connectivity index (χ0) is 23.4. The van der Waals surface area contributed by atoms with Gasteiger partial charge in [0.2, 0.25) is 0 Å². The van der Waals surface area contributed by atoms with Crippen LogP contribution in [-0.4, -0.2) is 31.7 Å². The van der Waals surface area contributed by atoms with Crippen molar-refractivity contribution in [2.75, 3.05) is 11.9 Å². The highest BCUT2D eigenvalue weighted by molar-refractivity contribution is 6.02. The number of aromatic nitrogens is 4. The molecule has 0 saturated carbocycles. The molecule has 4 aromatic rings. The van der Waals surface area contributed by atoms with Gasteiger partial charge in [0.1, 0.15) is 23.7 Å². The first-order valence-electron chi connectivity index (χ1n) is 10.4. The van der Waals surface area contributed by atoms with Crippen molar-refractivity contribution in [1.82, 2.24) is 19.1 Å². The molecule has 0 fully saturated rings. The lowest BCUT2D eigenvalue weighted by Gasteiger charge is -2.09. The number of hydrogen-bond donors (Lipinski definition) is 1. The number of hydrogen-bond acceptors (Lipinski definition) is 5. The first-order valence-corrected chi connectivity index (χ1v) is 10.4. The highest BCUT2D eigenvalue weighted by atomic mass is 16.5. The maximum Gasteiger partial charge on any atom is 0.295 e. The first kappa shape index (κ1) is 21.8. The number of rotatable bonds is 7. The third kappa shape index (κ3) is 4.62. The van der Waals surface area contributed by atoms with Gasteiger partial charge in [-0.25, -0.2) is 9.36 Å². The van der Waals surface area contributed by atoms with E-state index < -0.39 is 5.91 Å². The van der Waals surface area contributed by atoms with Crippen LogP contribution in [0.1, 0.15) is 16.2 Å². The molecular formula is C24H23N5O4. The second kappa shape index (κ2) is 9.39. The van der Waals surface area contributed by atoms with E-state index in [0.29, 0.717) is 17.1 Å². The number of para-hydroxylation sites is 2. The third-order valence-electron chi connectivity index (χ3n) is 5.21. The van der Waals surface area contributed by atoms with Gasteiger partial charge in [-0.1, -0.05) is 36.4 Å². The van der Waals surface area contributed by atoms with Crippen LogP contribution >= 0.6 is 0 Å². The fourth-order valence-electron chi connectivity index (χ4n) is 3.39. The second-order valence-corrected chi connectivity index (χ2v) is 7.33. The van der Waals surface area contributed by atoms with Crippen molar-refractivity contribution < 1.29 is 9.53 Å². The van der Waals surface area contributed by atoms with Crippen molar-refractivity contribution in [1.29, 1.82) is 0 Å². The largest absolute Gasteiger partial charge is 0.492 e. The molecule has 0 radical (unpaired) electrons. The molecule has 0 atom stereocenters. The van der Waals surface area contributed by atoms with E-state index in [1.54, 1.807) is 30.8 Å². The molecule has 33 heavy (non-hydrogen) atoms. The first-order chi connectivity index (χ1) is 16.0. The van der Waals surface area contributed by atoms with E-state index >= 15 is 0 Å². The average molecular weight is 445 g/mol. The summed E-state index contributed by atoms with van der Waals surface area (Å²) in [5, 5.41) is 6.79. The molecular weight excluding hydrogens is 422 g/mol. The summed E-state index contributed by atoms with van der Waals surface area (Å²) < 4.78 is 9.91. The highest BCUT2D eigenvalue weighted by Crippen LogP contribution is 2.14. The van der Waals surface area contributed by atoms with E-state index in [0.717, 1.165) is 4.68 Å². The SMILES string of the molecule is Cc1c(NC(=O)c2ccc(=O)n(CCOc3ccccc3)n2)c(=O)n(-c2ccccc2)n1C. The zero-order valence-electron chi connectivity index (χ0n) is 18.3. The minimum absolute atomic E-state index is 0.0169. The van der Waals surface area contributed by atoms with Gasteiger partial charge in [0.05, 0.1) is 17.9 Å². The Balaban J connectivity index is 1.53. The van der Waals surface area contributed by atoms with Crippen LogP contribution in [0.3, 0.4) is 0 Å². The van der Waals surface area contributed by atoms with Crippen LogP contribution in [0.4, 0.5) is 5.69 Å². The van der Waals surface area contributed by atoms with E-state index in [2.05, 4.69) is 10.4 Å². The van der Waals surface area contributed by atoms with Crippen LogP contribution in [0, 0.1) is 6.92 Å². The molecule has 0 saturated heterocycles. The van der Waals surface area contributed by atoms with Gasteiger partial charge in [0, 0.05) is 13.1 Å². The molecule has 0 bridgehead atoms. The Morgan fingerprint density at radius 1 is 0.970 bits per heavy atom. The number of carbonyl (C=O) groups is 1. The lowest BCUT2D eigenvalue weighted by Crippen LogP contribution is -2.29. The van der Waals surface area contributed by atoms with Crippen LogP contribution in [-0.2, 0) is 13.6 Å². The van der Waals surface area contributed by atoms with E-state index in [9.17, 15) is 14.4 Å². The van der Waals surface area contributed by atoms with Crippen molar-refractivity contribution in [3.05, 3.63) is 105 Å². The third-order valence-corrected chi connectivity index (χ3v) is 5.21. The fraction of sp³-hybridized carbons (Fsp3) is 0.167. The fourth-order valence-corrected chi connectivity index (χ4v) is 3.39. The van der Waals surface area contributed by atoms with Gasteiger partial charge in [-0.2, -0.15) is 5.10 Å². The Labute approximate surface area is 189 Å². The Hall–Kier alpha value is -4.40. The predicted molar refractivity (Wildman–Crippen MR) is 124 cm³/mol. The van der Waals surface area contributed by atoms with E-state index in [1.165, 1.54) is 16.8 Å². The lowest BCUT2D eigenvalue weighted by atomic mass is 10.3. The summed E-state index contributed by atoms with van der Waals surface area (Å²) >= 11 is 0. The minimum Gasteiger partial charge on any atom is -0.492 e. The summed E-state index contributed by atoms with van der Waals surface area (Å²) in [6.07, 6.45) is 0. The molecule has 2 aromatic carbocycles. The number of amides is 1. The predicted octanol–water partition coefficient (Wildman–Crippen LogP) is 2.37.